The highest BCUT2D eigenvalue weighted by Crippen LogP contribution is 2.15. The van der Waals surface area contributed by atoms with Gasteiger partial charge < -0.3 is 14.4 Å². The number of ether oxygens (including phenoxy) is 2. The number of carbonyl (C=O) groups excluding carboxylic acids is 3. The van der Waals surface area contributed by atoms with Crippen LogP contribution in [0.25, 0.3) is 0 Å². The Balaban J connectivity index is 2.20. The molecule has 1 heterocycles. The maximum absolute atomic E-state index is 11.9. The Labute approximate surface area is 144 Å². The summed E-state index contributed by atoms with van der Waals surface area (Å²) in [6.45, 7) is 9.86. The van der Waals surface area contributed by atoms with E-state index in [1.165, 1.54) is 19.8 Å². The third-order valence-corrected chi connectivity index (χ3v) is 4.01. The fourth-order valence-corrected chi connectivity index (χ4v) is 2.43. The first-order valence-corrected chi connectivity index (χ1v) is 8.67. The molecule has 1 saturated heterocycles. The van der Waals surface area contributed by atoms with Gasteiger partial charge in [-0.1, -0.05) is 32.8 Å². The molecule has 0 aromatic carbocycles. The third-order valence-electron chi connectivity index (χ3n) is 4.01. The van der Waals surface area contributed by atoms with E-state index in [4.69, 9.17) is 9.47 Å². The van der Waals surface area contributed by atoms with E-state index in [1.54, 1.807) is 4.90 Å². The first kappa shape index (κ1) is 20.2. The highest BCUT2D eigenvalue weighted by Gasteiger charge is 2.32. The second-order valence-electron chi connectivity index (χ2n) is 6.38. The summed E-state index contributed by atoms with van der Waals surface area (Å²) in [6.07, 6.45) is 4.70. The van der Waals surface area contributed by atoms with E-state index in [9.17, 15) is 14.4 Å². The summed E-state index contributed by atoms with van der Waals surface area (Å²) in [6, 6.07) is 0. The van der Waals surface area contributed by atoms with E-state index in [2.05, 4.69) is 13.5 Å². The van der Waals surface area contributed by atoms with Crippen LogP contribution >= 0.6 is 0 Å². The summed E-state index contributed by atoms with van der Waals surface area (Å²) in [5, 5.41) is 0. The number of esters is 2. The molecule has 0 aromatic rings. The van der Waals surface area contributed by atoms with Gasteiger partial charge in [-0.15, -0.1) is 0 Å². The van der Waals surface area contributed by atoms with Crippen molar-refractivity contribution in [1.82, 2.24) is 4.90 Å². The zero-order valence-corrected chi connectivity index (χ0v) is 15.0. The molecule has 136 valence electrons. The minimum atomic E-state index is -0.601. The Morgan fingerprint density at radius 2 is 1.88 bits per heavy atom. The quantitative estimate of drug-likeness (QED) is 0.347. The largest absolute Gasteiger partial charge is 0.462 e. The summed E-state index contributed by atoms with van der Waals surface area (Å²) < 4.78 is 10.5. The van der Waals surface area contributed by atoms with Crippen molar-refractivity contribution in [2.45, 2.75) is 71.5 Å². The number of carbonyl (C=O) groups is 3. The molecule has 1 aliphatic rings. The Bertz CT molecular complexity index is 468. The maximum atomic E-state index is 11.9. The summed E-state index contributed by atoms with van der Waals surface area (Å²) in [7, 11) is 0. The van der Waals surface area contributed by atoms with Gasteiger partial charge in [0.1, 0.15) is 6.10 Å². The molecule has 0 aliphatic carbocycles. The molecule has 0 radical (unpaired) electrons. The topological polar surface area (TPSA) is 72.9 Å². The van der Waals surface area contributed by atoms with Gasteiger partial charge in [0.05, 0.1) is 25.6 Å². The van der Waals surface area contributed by atoms with Gasteiger partial charge >= 0.3 is 11.9 Å². The van der Waals surface area contributed by atoms with Crippen LogP contribution in [0.15, 0.2) is 12.2 Å². The molecule has 0 unspecified atom stereocenters. The Hall–Kier alpha value is -1.85. The van der Waals surface area contributed by atoms with Gasteiger partial charge in [0.25, 0.3) is 0 Å². The molecule has 6 nitrogen and oxygen atoms in total. The molecule has 1 amide bonds. The van der Waals surface area contributed by atoms with Gasteiger partial charge in [0.15, 0.2) is 0 Å². The molecule has 1 rings (SSSR count). The molecule has 0 spiro atoms. The van der Waals surface area contributed by atoms with Crippen LogP contribution in [-0.4, -0.2) is 48.0 Å². The number of amides is 1. The van der Waals surface area contributed by atoms with E-state index in [1.807, 2.05) is 6.92 Å². The predicted octanol–water partition coefficient (Wildman–Crippen LogP) is 2.61. The Kier molecular flexibility index (Phi) is 8.50. The Morgan fingerprint density at radius 3 is 2.46 bits per heavy atom. The standard InChI is InChI=1S/C18H29NO5/c1-5-6-7-8-9-14(3)23-17(21)10-13(2)18(22)24-16-11-19(12-16)15(4)20/h14,16H,2,5-12H2,1,3-4H3/t14-/m0/s1. The minimum absolute atomic E-state index is 0.0439. The number of hydrogen-bond acceptors (Lipinski definition) is 5. The van der Waals surface area contributed by atoms with Gasteiger partial charge in [-0.2, -0.15) is 0 Å². The van der Waals surface area contributed by atoms with Crippen LogP contribution in [0.3, 0.4) is 0 Å². The molecule has 1 atom stereocenters. The zero-order valence-electron chi connectivity index (χ0n) is 15.0. The molecule has 0 saturated carbocycles. The fourth-order valence-electron chi connectivity index (χ4n) is 2.43. The van der Waals surface area contributed by atoms with E-state index < -0.39 is 11.9 Å². The van der Waals surface area contributed by atoms with E-state index in [-0.39, 0.29) is 30.1 Å². The molecule has 1 aliphatic heterocycles. The smallest absolute Gasteiger partial charge is 0.334 e. The average molecular weight is 339 g/mol. The SMILES string of the molecule is C=C(CC(=O)O[C@@H](C)CCCCCC)C(=O)OC1CN(C(C)=O)C1. The number of rotatable bonds is 10. The van der Waals surface area contributed by atoms with Crippen LogP contribution in [0.1, 0.15) is 59.3 Å². The Morgan fingerprint density at radius 1 is 1.21 bits per heavy atom. The summed E-state index contributed by atoms with van der Waals surface area (Å²) in [5.74, 6) is -1.10. The summed E-state index contributed by atoms with van der Waals surface area (Å²) in [4.78, 5) is 36.3. The summed E-state index contributed by atoms with van der Waals surface area (Å²) >= 11 is 0. The van der Waals surface area contributed by atoms with Gasteiger partial charge in [-0.25, -0.2) is 4.79 Å². The van der Waals surface area contributed by atoms with Crippen molar-refractivity contribution < 1.29 is 23.9 Å². The molecular formula is C18H29NO5. The average Bonchev–Trinajstić information content (AvgIpc) is 2.45. The van der Waals surface area contributed by atoms with Crippen LogP contribution in [-0.2, 0) is 23.9 Å². The van der Waals surface area contributed by atoms with Crippen molar-refractivity contribution >= 4 is 17.8 Å². The molecule has 1 fully saturated rings. The number of likely N-dealkylation sites (tertiary alicyclic amines) is 1. The predicted molar refractivity (Wildman–Crippen MR) is 90.2 cm³/mol. The second kappa shape index (κ2) is 10.1. The monoisotopic (exact) mass is 339 g/mol. The van der Waals surface area contributed by atoms with Crippen LogP contribution in [0.2, 0.25) is 0 Å². The molecule has 24 heavy (non-hydrogen) atoms. The van der Waals surface area contributed by atoms with Crippen LogP contribution < -0.4 is 0 Å². The summed E-state index contributed by atoms with van der Waals surface area (Å²) in [5.41, 5.74) is 0.0828. The zero-order chi connectivity index (χ0) is 18.1. The minimum Gasteiger partial charge on any atom is -0.462 e. The molecule has 0 aromatic heterocycles. The van der Waals surface area contributed by atoms with E-state index in [0.29, 0.717) is 13.1 Å². The lowest BCUT2D eigenvalue weighted by Crippen LogP contribution is -2.54. The van der Waals surface area contributed by atoms with Crippen LogP contribution in [0.5, 0.6) is 0 Å². The number of nitrogens with zero attached hydrogens (tertiary/aromatic N) is 1. The van der Waals surface area contributed by atoms with Crippen molar-refractivity contribution in [2.75, 3.05) is 13.1 Å². The normalized spacial score (nSPS) is 15.4. The van der Waals surface area contributed by atoms with Crippen molar-refractivity contribution in [2.24, 2.45) is 0 Å². The lowest BCUT2D eigenvalue weighted by molar-refractivity contribution is -0.160. The fraction of sp³-hybridized carbons (Fsp3) is 0.722. The highest BCUT2D eigenvalue weighted by molar-refractivity contribution is 5.93. The van der Waals surface area contributed by atoms with Crippen molar-refractivity contribution in [1.29, 1.82) is 0 Å². The highest BCUT2D eigenvalue weighted by atomic mass is 16.6. The van der Waals surface area contributed by atoms with Crippen LogP contribution in [0.4, 0.5) is 0 Å². The van der Waals surface area contributed by atoms with Crippen molar-refractivity contribution in [3.63, 3.8) is 0 Å². The van der Waals surface area contributed by atoms with Crippen molar-refractivity contribution in [3.8, 4) is 0 Å². The first-order valence-electron chi connectivity index (χ1n) is 8.67. The maximum Gasteiger partial charge on any atom is 0.334 e. The molecule has 6 heteroatoms. The van der Waals surface area contributed by atoms with Gasteiger partial charge in [0, 0.05) is 12.5 Å². The third kappa shape index (κ3) is 7.15. The first-order chi connectivity index (χ1) is 11.3. The molecule has 0 bridgehead atoms. The van der Waals surface area contributed by atoms with Gasteiger partial charge in [-0.3, -0.25) is 9.59 Å². The lowest BCUT2D eigenvalue weighted by Gasteiger charge is -2.37. The lowest BCUT2D eigenvalue weighted by atomic mass is 10.1. The second-order valence-corrected chi connectivity index (χ2v) is 6.38. The van der Waals surface area contributed by atoms with Gasteiger partial charge in [0.2, 0.25) is 5.91 Å². The molecular weight excluding hydrogens is 310 g/mol. The molecule has 0 N–H and O–H groups in total. The van der Waals surface area contributed by atoms with Crippen LogP contribution in [0, 0.1) is 0 Å². The number of hydrogen-bond donors (Lipinski definition) is 0. The van der Waals surface area contributed by atoms with Crippen molar-refractivity contribution in [3.05, 3.63) is 12.2 Å². The van der Waals surface area contributed by atoms with Gasteiger partial charge in [-0.05, 0) is 19.8 Å². The van der Waals surface area contributed by atoms with E-state index in [0.717, 1.165) is 19.3 Å². The van der Waals surface area contributed by atoms with E-state index >= 15 is 0 Å². The number of unbranched alkanes of at least 4 members (excludes halogenated alkanes) is 3.